The maximum atomic E-state index is 11.7. The Balaban J connectivity index is 1.35. The van der Waals surface area contributed by atoms with Gasteiger partial charge in [0, 0.05) is 11.0 Å². The van der Waals surface area contributed by atoms with Gasteiger partial charge in [0.15, 0.2) is 0 Å². The van der Waals surface area contributed by atoms with E-state index < -0.39 is 0 Å². The fourth-order valence-corrected chi connectivity index (χ4v) is 3.35. The fraction of sp³-hybridized carbons (Fsp3) is 0.316. The van der Waals surface area contributed by atoms with Gasteiger partial charge in [0.25, 0.3) is 0 Å². The minimum absolute atomic E-state index is 0.317. The SMILES string of the molecule is O=C(NCC1CC(c2cccc(Br)c2)C1)OCc1ccccc1. The van der Waals surface area contributed by atoms with Crippen molar-refractivity contribution in [3.8, 4) is 0 Å². The summed E-state index contributed by atoms with van der Waals surface area (Å²) in [5.74, 6) is 1.16. The second kappa shape index (κ2) is 7.64. The molecule has 1 fully saturated rings. The zero-order valence-electron chi connectivity index (χ0n) is 12.9. The summed E-state index contributed by atoms with van der Waals surface area (Å²) in [4.78, 5) is 11.7. The van der Waals surface area contributed by atoms with Crippen LogP contribution in [0.1, 0.15) is 29.9 Å². The molecule has 0 aromatic heterocycles. The molecule has 3 nitrogen and oxygen atoms in total. The maximum Gasteiger partial charge on any atom is 0.407 e. The van der Waals surface area contributed by atoms with Crippen molar-refractivity contribution in [1.82, 2.24) is 5.32 Å². The number of carbonyl (C=O) groups excluding carboxylic acids is 1. The molecule has 0 aliphatic heterocycles. The third-order valence-electron chi connectivity index (χ3n) is 4.30. The predicted molar refractivity (Wildman–Crippen MR) is 94.2 cm³/mol. The lowest BCUT2D eigenvalue weighted by Gasteiger charge is -2.35. The van der Waals surface area contributed by atoms with E-state index in [-0.39, 0.29) is 6.09 Å². The van der Waals surface area contributed by atoms with E-state index >= 15 is 0 Å². The molecule has 3 rings (SSSR count). The Morgan fingerprint density at radius 3 is 2.65 bits per heavy atom. The molecule has 1 amide bonds. The van der Waals surface area contributed by atoms with Gasteiger partial charge in [-0.1, -0.05) is 58.4 Å². The maximum absolute atomic E-state index is 11.7. The molecule has 0 spiro atoms. The van der Waals surface area contributed by atoms with Gasteiger partial charge in [-0.3, -0.25) is 0 Å². The highest BCUT2D eigenvalue weighted by Crippen LogP contribution is 2.41. The lowest BCUT2D eigenvalue weighted by atomic mass is 9.71. The van der Waals surface area contributed by atoms with Crippen molar-refractivity contribution in [2.75, 3.05) is 6.54 Å². The van der Waals surface area contributed by atoms with Gasteiger partial charge in [-0.25, -0.2) is 4.79 Å². The van der Waals surface area contributed by atoms with E-state index in [0.717, 1.165) is 22.9 Å². The van der Waals surface area contributed by atoms with Crippen molar-refractivity contribution >= 4 is 22.0 Å². The summed E-state index contributed by atoms with van der Waals surface area (Å²) in [6.45, 7) is 1.01. The first-order chi connectivity index (χ1) is 11.2. The summed E-state index contributed by atoms with van der Waals surface area (Å²) in [6.07, 6.45) is 1.91. The summed E-state index contributed by atoms with van der Waals surface area (Å²) < 4.78 is 6.34. The molecule has 0 atom stereocenters. The highest BCUT2D eigenvalue weighted by molar-refractivity contribution is 9.10. The molecule has 0 unspecified atom stereocenters. The Kier molecular flexibility index (Phi) is 5.34. The molecule has 0 radical (unpaired) electrons. The second-order valence-corrected chi connectivity index (χ2v) is 6.95. The minimum Gasteiger partial charge on any atom is -0.445 e. The number of amides is 1. The fourth-order valence-electron chi connectivity index (χ4n) is 2.94. The molecule has 1 N–H and O–H groups in total. The van der Waals surface area contributed by atoms with Crippen LogP contribution in [0.5, 0.6) is 0 Å². The van der Waals surface area contributed by atoms with Crippen molar-refractivity contribution in [2.24, 2.45) is 5.92 Å². The van der Waals surface area contributed by atoms with Crippen LogP contribution in [0.3, 0.4) is 0 Å². The standard InChI is InChI=1S/C19H20BrNO2/c20-18-8-4-7-16(11-18)17-9-15(10-17)12-21-19(22)23-13-14-5-2-1-3-6-14/h1-8,11,15,17H,9-10,12-13H2,(H,21,22). The first-order valence-corrected chi connectivity index (χ1v) is 8.70. The van der Waals surface area contributed by atoms with E-state index in [0.29, 0.717) is 25.0 Å². The number of halogens is 1. The van der Waals surface area contributed by atoms with Crippen LogP contribution in [-0.4, -0.2) is 12.6 Å². The molecule has 2 aromatic rings. The minimum atomic E-state index is -0.334. The second-order valence-electron chi connectivity index (χ2n) is 6.03. The largest absolute Gasteiger partial charge is 0.445 e. The van der Waals surface area contributed by atoms with Gasteiger partial charge in [-0.2, -0.15) is 0 Å². The molecule has 0 saturated heterocycles. The van der Waals surface area contributed by atoms with Gasteiger partial charge in [0.1, 0.15) is 6.61 Å². The van der Waals surface area contributed by atoms with Gasteiger partial charge in [0.2, 0.25) is 0 Å². The van der Waals surface area contributed by atoms with Crippen LogP contribution in [0.15, 0.2) is 59.1 Å². The smallest absolute Gasteiger partial charge is 0.407 e. The van der Waals surface area contributed by atoms with Crippen LogP contribution >= 0.6 is 15.9 Å². The van der Waals surface area contributed by atoms with E-state index in [1.165, 1.54) is 5.56 Å². The topological polar surface area (TPSA) is 38.3 Å². The summed E-state index contributed by atoms with van der Waals surface area (Å²) >= 11 is 3.51. The number of ether oxygens (including phenoxy) is 1. The first kappa shape index (κ1) is 16.1. The van der Waals surface area contributed by atoms with Crippen LogP contribution < -0.4 is 5.32 Å². The monoisotopic (exact) mass is 373 g/mol. The first-order valence-electron chi connectivity index (χ1n) is 7.90. The zero-order valence-corrected chi connectivity index (χ0v) is 14.5. The lowest BCUT2D eigenvalue weighted by Crippen LogP contribution is -2.35. The van der Waals surface area contributed by atoms with Crippen LogP contribution in [0.25, 0.3) is 0 Å². The molecule has 4 heteroatoms. The Bertz CT molecular complexity index is 653. The third-order valence-corrected chi connectivity index (χ3v) is 4.80. The number of alkyl carbamates (subject to hydrolysis) is 1. The predicted octanol–water partition coefficient (Wildman–Crippen LogP) is 4.87. The van der Waals surface area contributed by atoms with Gasteiger partial charge in [0.05, 0.1) is 0 Å². The lowest BCUT2D eigenvalue weighted by molar-refractivity contribution is 0.134. The van der Waals surface area contributed by atoms with E-state index in [4.69, 9.17) is 4.74 Å². The highest BCUT2D eigenvalue weighted by Gasteiger charge is 2.30. The van der Waals surface area contributed by atoms with Gasteiger partial charge in [-0.15, -0.1) is 0 Å². The third kappa shape index (κ3) is 4.58. The van der Waals surface area contributed by atoms with E-state index in [1.54, 1.807) is 0 Å². The van der Waals surface area contributed by atoms with Gasteiger partial charge >= 0.3 is 6.09 Å². The Morgan fingerprint density at radius 1 is 1.13 bits per heavy atom. The van der Waals surface area contributed by atoms with Crippen molar-refractivity contribution in [2.45, 2.75) is 25.4 Å². The Labute approximate surface area is 145 Å². The number of hydrogen-bond donors (Lipinski definition) is 1. The Morgan fingerprint density at radius 2 is 1.91 bits per heavy atom. The summed E-state index contributed by atoms with van der Waals surface area (Å²) in [7, 11) is 0. The van der Waals surface area contributed by atoms with E-state index in [1.807, 2.05) is 36.4 Å². The van der Waals surface area contributed by atoms with Crippen molar-refractivity contribution in [1.29, 1.82) is 0 Å². The number of carbonyl (C=O) groups is 1. The normalized spacial score (nSPS) is 19.7. The van der Waals surface area contributed by atoms with E-state index in [2.05, 4.69) is 39.4 Å². The van der Waals surface area contributed by atoms with Crippen LogP contribution in [0.4, 0.5) is 4.79 Å². The van der Waals surface area contributed by atoms with Gasteiger partial charge in [-0.05, 0) is 47.9 Å². The summed E-state index contributed by atoms with van der Waals surface area (Å²) in [5.41, 5.74) is 2.38. The average molecular weight is 374 g/mol. The summed E-state index contributed by atoms with van der Waals surface area (Å²) in [6, 6.07) is 18.2. The van der Waals surface area contributed by atoms with Crippen molar-refractivity contribution in [3.05, 3.63) is 70.2 Å². The number of nitrogens with one attached hydrogen (secondary N) is 1. The van der Waals surface area contributed by atoms with Crippen LogP contribution in [0, 0.1) is 5.92 Å². The molecule has 1 saturated carbocycles. The number of benzene rings is 2. The molecule has 0 heterocycles. The molecular weight excluding hydrogens is 354 g/mol. The number of hydrogen-bond acceptors (Lipinski definition) is 2. The molecule has 0 bridgehead atoms. The molecule has 1 aliphatic rings. The molecule has 120 valence electrons. The van der Waals surface area contributed by atoms with Crippen LogP contribution in [0.2, 0.25) is 0 Å². The molecule has 23 heavy (non-hydrogen) atoms. The zero-order chi connectivity index (χ0) is 16.1. The Hall–Kier alpha value is -1.81. The van der Waals surface area contributed by atoms with Crippen LogP contribution in [-0.2, 0) is 11.3 Å². The van der Waals surface area contributed by atoms with Gasteiger partial charge < -0.3 is 10.1 Å². The average Bonchev–Trinajstić information content (AvgIpc) is 2.52. The quantitative estimate of drug-likeness (QED) is 0.811. The van der Waals surface area contributed by atoms with Crippen molar-refractivity contribution < 1.29 is 9.53 Å². The molecule has 1 aliphatic carbocycles. The van der Waals surface area contributed by atoms with Crippen molar-refractivity contribution in [3.63, 3.8) is 0 Å². The molecular formula is C19H20BrNO2. The molecule has 2 aromatic carbocycles. The highest BCUT2D eigenvalue weighted by atomic mass is 79.9. The number of rotatable bonds is 5. The van der Waals surface area contributed by atoms with E-state index in [9.17, 15) is 4.79 Å². The summed E-state index contributed by atoms with van der Waals surface area (Å²) in [5, 5.41) is 2.87.